The van der Waals surface area contributed by atoms with Gasteiger partial charge in [0.1, 0.15) is 15.7 Å². The van der Waals surface area contributed by atoms with Gasteiger partial charge in [0.15, 0.2) is 0 Å². The van der Waals surface area contributed by atoms with Crippen molar-refractivity contribution in [2.45, 2.75) is 24.7 Å². The Hall–Kier alpha value is -2.52. The zero-order chi connectivity index (χ0) is 18.7. The van der Waals surface area contributed by atoms with E-state index in [9.17, 15) is 8.42 Å². The number of aromatic nitrogens is 3. The van der Waals surface area contributed by atoms with Crippen molar-refractivity contribution in [1.29, 1.82) is 0 Å². The van der Waals surface area contributed by atoms with Gasteiger partial charge in [0.05, 0.1) is 13.3 Å². The summed E-state index contributed by atoms with van der Waals surface area (Å²) in [5.74, 6) is 0.799. The summed E-state index contributed by atoms with van der Waals surface area (Å²) in [4.78, 5) is 3.86. The number of nitrogens with zero attached hydrogens (tertiary/aromatic N) is 3. The Morgan fingerprint density at radius 1 is 1.12 bits per heavy atom. The lowest BCUT2D eigenvalue weighted by Crippen LogP contribution is -2.13. The average Bonchev–Trinajstić information content (AvgIpc) is 3.09. The Balaban J connectivity index is 1.81. The lowest BCUT2D eigenvalue weighted by Gasteiger charge is -2.06. The maximum absolute atomic E-state index is 12.5. The third kappa shape index (κ3) is 4.00. The second kappa shape index (κ2) is 7.38. The first-order chi connectivity index (χ1) is 12.4. The van der Waals surface area contributed by atoms with Gasteiger partial charge in [0, 0.05) is 17.8 Å². The fourth-order valence-electron chi connectivity index (χ4n) is 2.22. The summed E-state index contributed by atoms with van der Waals surface area (Å²) in [6, 6.07) is 9.38. The lowest BCUT2D eigenvalue weighted by atomic mass is 10.0. The predicted molar refractivity (Wildman–Crippen MR) is 101 cm³/mol. The molecular weight excluding hydrogens is 372 g/mol. The highest BCUT2D eigenvalue weighted by Crippen LogP contribution is 2.29. The quantitative estimate of drug-likeness (QED) is 0.692. The highest BCUT2D eigenvalue weighted by Gasteiger charge is 2.18. The van der Waals surface area contributed by atoms with E-state index in [0.717, 1.165) is 5.56 Å². The van der Waals surface area contributed by atoms with Crippen molar-refractivity contribution in [3.8, 4) is 16.3 Å². The van der Waals surface area contributed by atoms with E-state index in [2.05, 4.69) is 33.8 Å². The first kappa shape index (κ1) is 18.3. The minimum atomic E-state index is -3.82. The van der Waals surface area contributed by atoms with Crippen molar-refractivity contribution in [3.63, 3.8) is 0 Å². The maximum atomic E-state index is 12.5. The summed E-state index contributed by atoms with van der Waals surface area (Å²) in [5, 5.41) is 8.83. The largest absolute Gasteiger partial charge is 0.495 e. The molecule has 2 aromatic heterocycles. The molecule has 0 amide bonds. The Labute approximate surface area is 156 Å². The second-order valence-electron chi connectivity index (χ2n) is 5.86. The normalized spacial score (nSPS) is 11.5. The standard InChI is InChI=1S/C17H18N4O3S2/c1-11(2)12-4-6-13(7-5-12)16-19-20-17(25-16)21-26(22,23)15-8-14(24-3)9-18-10-15/h4-11H,1-3H3,(H,20,21). The topological polar surface area (TPSA) is 94.1 Å². The fraction of sp³-hybridized carbons (Fsp3) is 0.235. The number of nitrogens with one attached hydrogen (secondary N) is 1. The molecule has 9 heteroatoms. The van der Waals surface area contributed by atoms with Gasteiger partial charge in [0.25, 0.3) is 10.0 Å². The van der Waals surface area contributed by atoms with Gasteiger partial charge in [-0.2, -0.15) is 0 Å². The molecule has 1 aromatic carbocycles. The van der Waals surface area contributed by atoms with Crippen LogP contribution in [-0.2, 0) is 10.0 Å². The van der Waals surface area contributed by atoms with E-state index in [4.69, 9.17) is 4.74 Å². The number of sulfonamides is 1. The number of hydrogen-bond donors (Lipinski definition) is 1. The predicted octanol–water partition coefficient (Wildman–Crippen LogP) is 3.53. The summed E-state index contributed by atoms with van der Waals surface area (Å²) in [6.07, 6.45) is 2.68. The minimum absolute atomic E-state index is 0.00473. The number of ether oxygens (including phenoxy) is 1. The van der Waals surface area contributed by atoms with Crippen LogP contribution in [0.5, 0.6) is 5.75 Å². The zero-order valence-corrected chi connectivity index (χ0v) is 16.1. The molecule has 0 fully saturated rings. The van der Waals surface area contributed by atoms with E-state index < -0.39 is 10.0 Å². The molecule has 3 rings (SSSR count). The van der Waals surface area contributed by atoms with Crippen LogP contribution in [0.2, 0.25) is 0 Å². The van der Waals surface area contributed by atoms with E-state index in [0.29, 0.717) is 16.7 Å². The number of rotatable bonds is 6. The summed E-state index contributed by atoms with van der Waals surface area (Å²) in [7, 11) is -2.37. The fourth-order valence-corrected chi connectivity index (χ4v) is 4.18. The number of anilines is 1. The Kier molecular flexibility index (Phi) is 5.19. The third-order valence-electron chi connectivity index (χ3n) is 3.71. The number of benzene rings is 1. The van der Waals surface area contributed by atoms with Crippen LogP contribution in [0.15, 0.2) is 47.6 Å². The summed E-state index contributed by atoms with van der Waals surface area (Å²) >= 11 is 1.17. The van der Waals surface area contributed by atoms with Gasteiger partial charge < -0.3 is 4.74 Å². The van der Waals surface area contributed by atoms with Gasteiger partial charge in [-0.05, 0) is 11.5 Å². The van der Waals surface area contributed by atoms with Gasteiger partial charge in [-0.25, -0.2) is 8.42 Å². The smallest absolute Gasteiger partial charge is 0.265 e. The van der Waals surface area contributed by atoms with Crippen LogP contribution < -0.4 is 9.46 Å². The molecule has 0 atom stereocenters. The molecule has 3 aromatic rings. The van der Waals surface area contributed by atoms with Crippen molar-refractivity contribution >= 4 is 26.5 Å². The Bertz CT molecular complexity index is 999. The molecular formula is C17H18N4O3S2. The van der Waals surface area contributed by atoms with E-state index in [1.165, 1.54) is 42.5 Å². The molecule has 0 aliphatic carbocycles. The van der Waals surface area contributed by atoms with Crippen molar-refractivity contribution < 1.29 is 13.2 Å². The summed E-state index contributed by atoms with van der Waals surface area (Å²) in [6.45, 7) is 4.25. The highest BCUT2D eigenvalue weighted by atomic mass is 32.2. The van der Waals surface area contributed by atoms with Crippen LogP contribution in [0.1, 0.15) is 25.3 Å². The van der Waals surface area contributed by atoms with Crippen LogP contribution in [0.4, 0.5) is 5.13 Å². The molecule has 0 bridgehead atoms. The summed E-state index contributed by atoms with van der Waals surface area (Å²) < 4.78 is 32.4. The molecule has 0 aliphatic rings. The lowest BCUT2D eigenvalue weighted by molar-refractivity contribution is 0.411. The third-order valence-corrected chi connectivity index (χ3v) is 6.03. The van der Waals surface area contributed by atoms with Crippen LogP contribution in [0, 0.1) is 0 Å². The minimum Gasteiger partial charge on any atom is -0.495 e. The molecule has 0 saturated heterocycles. The number of hydrogen-bond acceptors (Lipinski definition) is 7. The number of pyridine rings is 1. The second-order valence-corrected chi connectivity index (χ2v) is 8.51. The molecule has 0 radical (unpaired) electrons. The van der Waals surface area contributed by atoms with E-state index in [-0.39, 0.29) is 10.0 Å². The van der Waals surface area contributed by atoms with Crippen LogP contribution in [0.25, 0.3) is 10.6 Å². The van der Waals surface area contributed by atoms with Crippen LogP contribution in [-0.4, -0.2) is 30.7 Å². The highest BCUT2D eigenvalue weighted by molar-refractivity contribution is 7.93. The molecule has 26 heavy (non-hydrogen) atoms. The van der Waals surface area contributed by atoms with Crippen molar-refractivity contribution in [3.05, 3.63) is 48.3 Å². The first-order valence-electron chi connectivity index (χ1n) is 7.85. The molecule has 1 N–H and O–H groups in total. The number of methoxy groups -OCH3 is 1. The van der Waals surface area contributed by atoms with Crippen molar-refractivity contribution in [1.82, 2.24) is 15.2 Å². The monoisotopic (exact) mass is 390 g/mol. The van der Waals surface area contributed by atoms with E-state index in [1.54, 1.807) is 0 Å². The molecule has 136 valence electrons. The van der Waals surface area contributed by atoms with Crippen molar-refractivity contribution in [2.24, 2.45) is 0 Å². The molecule has 2 heterocycles. The molecule has 0 aliphatic heterocycles. The van der Waals surface area contributed by atoms with Gasteiger partial charge in [0.2, 0.25) is 5.13 Å². The molecule has 0 saturated carbocycles. The van der Waals surface area contributed by atoms with Gasteiger partial charge in [-0.3, -0.25) is 9.71 Å². The Morgan fingerprint density at radius 2 is 1.85 bits per heavy atom. The Morgan fingerprint density at radius 3 is 2.50 bits per heavy atom. The molecule has 0 spiro atoms. The van der Waals surface area contributed by atoms with Gasteiger partial charge in [-0.15, -0.1) is 10.2 Å². The SMILES string of the molecule is COc1cncc(S(=O)(=O)Nc2nnc(-c3ccc(C(C)C)cc3)s2)c1. The maximum Gasteiger partial charge on any atom is 0.265 e. The van der Waals surface area contributed by atoms with Crippen LogP contribution in [0.3, 0.4) is 0 Å². The van der Waals surface area contributed by atoms with Crippen LogP contribution >= 0.6 is 11.3 Å². The summed E-state index contributed by atoms with van der Waals surface area (Å²) in [5.41, 5.74) is 2.12. The van der Waals surface area contributed by atoms with E-state index in [1.807, 2.05) is 24.3 Å². The van der Waals surface area contributed by atoms with Gasteiger partial charge in [-0.1, -0.05) is 49.4 Å². The molecule has 0 unspecified atom stereocenters. The van der Waals surface area contributed by atoms with Gasteiger partial charge >= 0.3 is 0 Å². The van der Waals surface area contributed by atoms with E-state index >= 15 is 0 Å². The first-order valence-corrected chi connectivity index (χ1v) is 10.1. The average molecular weight is 390 g/mol. The zero-order valence-electron chi connectivity index (χ0n) is 14.5. The molecule has 7 nitrogen and oxygen atoms in total. The van der Waals surface area contributed by atoms with Crippen molar-refractivity contribution in [2.75, 3.05) is 11.8 Å².